The molecule has 17 heavy (non-hydrogen) atoms. The van der Waals surface area contributed by atoms with Crippen LogP contribution in [-0.2, 0) is 9.53 Å². The number of halogens is 1. The molecule has 0 radical (unpaired) electrons. The van der Waals surface area contributed by atoms with Crippen molar-refractivity contribution in [1.82, 2.24) is 0 Å². The Hall–Kier alpha value is -0.570. The zero-order valence-electron chi connectivity index (χ0n) is 11.3. The van der Waals surface area contributed by atoms with Crippen LogP contribution in [-0.4, -0.2) is 13.1 Å². The molecule has 0 saturated carbocycles. The molecule has 0 aliphatic carbocycles. The molecular formula is C14H23BrO2. The number of methoxy groups -OCH3 is 1. The van der Waals surface area contributed by atoms with E-state index in [1.165, 1.54) is 25.5 Å². The lowest BCUT2D eigenvalue weighted by atomic mass is 10.1. The number of carbonyl (C=O) groups excluding carboxylic acids is 1. The smallest absolute Gasteiger partial charge is 0.334 e. The van der Waals surface area contributed by atoms with Crippen LogP contribution in [0.1, 0.15) is 52.9 Å². The summed E-state index contributed by atoms with van der Waals surface area (Å²) < 4.78 is 5.80. The minimum Gasteiger partial charge on any atom is -0.466 e. The average molecular weight is 303 g/mol. The quantitative estimate of drug-likeness (QED) is 0.294. The van der Waals surface area contributed by atoms with E-state index in [2.05, 4.69) is 22.9 Å². The van der Waals surface area contributed by atoms with E-state index in [1.54, 1.807) is 0 Å². The molecule has 0 rings (SSSR count). The Kier molecular flexibility index (Phi) is 9.14. The number of allylic oxidation sites excluding steroid dienone is 3. The second-order valence-electron chi connectivity index (χ2n) is 4.32. The lowest BCUT2D eigenvalue weighted by Gasteiger charge is -2.07. The first-order valence-corrected chi connectivity index (χ1v) is 6.91. The Morgan fingerprint density at radius 1 is 1.29 bits per heavy atom. The number of rotatable bonds is 7. The van der Waals surface area contributed by atoms with Crippen molar-refractivity contribution in [3.63, 3.8) is 0 Å². The van der Waals surface area contributed by atoms with Crippen molar-refractivity contribution in [3.8, 4) is 0 Å². The second-order valence-corrected chi connectivity index (χ2v) is 5.27. The second kappa shape index (κ2) is 9.46. The van der Waals surface area contributed by atoms with Crippen molar-refractivity contribution < 1.29 is 9.53 Å². The Labute approximate surface area is 113 Å². The summed E-state index contributed by atoms with van der Waals surface area (Å²) in [6, 6.07) is 0. The Bertz CT molecular complexity index is 299. The van der Waals surface area contributed by atoms with Gasteiger partial charge in [-0.1, -0.05) is 47.3 Å². The molecule has 0 unspecified atom stereocenters. The van der Waals surface area contributed by atoms with Crippen molar-refractivity contribution >= 4 is 21.9 Å². The fourth-order valence-corrected chi connectivity index (χ4v) is 2.02. The van der Waals surface area contributed by atoms with Gasteiger partial charge in [0, 0.05) is 4.48 Å². The summed E-state index contributed by atoms with van der Waals surface area (Å²) in [4.78, 5) is 11.7. The fourth-order valence-electron chi connectivity index (χ4n) is 1.42. The molecule has 0 N–H and O–H groups in total. The zero-order chi connectivity index (χ0) is 13.3. The zero-order valence-corrected chi connectivity index (χ0v) is 12.9. The summed E-state index contributed by atoms with van der Waals surface area (Å²) in [6.07, 6.45) is 7.07. The average Bonchev–Trinajstić information content (AvgIpc) is 2.28. The van der Waals surface area contributed by atoms with Crippen LogP contribution < -0.4 is 0 Å². The van der Waals surface area contributed by atoms with Gasteiger partial charge in [-0.15, -0.1) is 0 Å². The van der Waals surface area contributed by atoms with E-state index in [0.29, 0.717) is 6.42 Å². The van der Waals surface area contributed by atoms with Crippen LogP contribution in [0.3, 0.4) is 0 Å². The number of ether oxygens (including phenoxy) is 1. The van der Waals surface area contributed by atoms with E-state index < -0.39 is 0 Å². The Balaban J connectivity index is 4.68. The summed E-state index contributed by atoms with van der Waals surface area (Å²) in [6.45, 7) is 6.22. The van der Waals surface area contributed by atoms with Crippen LogP contribution in [0.15, 0.2) is 21.7 Å². The van der Waals surface area contributed by atoms with Crippen LogP contribution in [0, 0.1) is 0 Å². The molecule has 0 bridgehead atoms. The van der Waals surface area contributed by atoms with E-state index in [1.807, 2.05) is 19.9 Å². The van der Waals surface area contributed by atoms with Gasteiger partial charge in [-0.2, -0.15) is 0 Å². The standard InChI is InChI=1S/C14H23BrO2/c1-5-6-7-8-13(15)12(14(16)17-4)10-9-11(2)3/h9H,5-8,10H2,1-4H3/b13-12+. The molecule has 3 heteroatoms. The minimum atomic E-state index is -0.231. The van der Waals surface area contributed by atoms with Crippen LogP contribution in [0.25, 0.3) is 0 Å². The third kappa shape index (κ3) is 7.37. The van der Waals surface area contributed by atoms with Gasteiger partial charge < -0.3 is 4.74 Å². The van der Waals surface area contributed by atoms with Crippen molar-refractivity contribution in [2.75, 3.05) is 7.11 Å². The SMILES string of the molecule is CCCCC/C(Br)=C(/CC=C(C)C)C(=O)OC. The highest BCUT2D eigenvalue weighted by atomic mass is 79.9. The number of hydrogen-bond acceptors (Lipinski definition) is 2. The summed E-state index contributed by atoms with van der Waals surface area (Å²) in [7, 11) is 1.43. The number of unbranched alkanes of at least 4 members (excludes halogenated alkanes) is 2. The molecule has 0 fully saturated rings. The van der Waals surface area contributed by atoms with Gasteiger partial charge in [0.15, 0.2) is 0 Å². The summed E-state index contributed by atoms with van der Waals surface area (Å²) in [5.41, 5.74) is 1.95. The molecule has 2 nitrogen and oxygen atoms in total. The number of carbonyl (C=O) groups is 1. The minimum absolute atomic E-state index is 0.231. The van der Waals surface area contributed by atoms with Crippen molar-refractivity contribution in [2.24, 2.45) is 0 Å². The Morgan fingerprint density at radius 2 is 1.94 bits per heavy atom. The van der Waals surface area contributed by atoms with Gasteiger partial charge in [-0.05, 0) is 33.1 Å². The third-order valence-electron chi connectivity index (χ3n) is 2.47. The van der Waals surface area contributed by atoms with E-state index in [4.69, 9.17) is 4.74 Å². The molecule has 0 spiro atoms. The molecule has 0 saturated heterocycles. The van der Waals surface area contributed by atoms with E-state index in [9.17, 15) is 4.79 Å². The first kappa shape index (κ1) is 16.4. The molecule has 0 heterocycles. The lowest BCUT2D eigenvalue weighted by Crippen LogP contribution is -2.06. The fraction of sp³-hybridized carbons (Fsp3) is 0.643. The molecule has 0 aromatic heterocycles. The topological polar surface area (TPSA) is 26.3 Å². The molecule has 0 amide bonds. The summed E-state index contributed by atoms with van der Waals surface area (Å²) in [5, 5.41) is 0. The molecule has 0 aromatic carbocycles. The highest BCUT2D eigenvalue weighted by Crippen LogP contribution is 2.23. The largest absolute Gasteiger partial charge is 0.466 e. The summed E-state index contributed by atoms with van der Waals surface area (Å²) in [5.74, 6) is -0.231. The maximum atomic E-state index is 11.7. The Morgan fingerprint density at radius 3 is 2.41 bits per heavy atom. The predicted octanol–water partition coefficient (Wildman–Crippen LogP) is 4.75. The van der Waals surface area contributed by atoms with Crippen molar-refractivity contribution in [2.45, 2.75) is 52.9 Å². The highest BCUT2D eigenvalue weighted by molar-refractivity contribution is 9.11. The van der Waals surface area contributed by atoms with Gasteiger partial charge in [0.25, 0.3) is 0 Å². The van der Waals surface area contributed by atoms with Crippen LogP contribution in [0.5, 0.6) is 0 Å². The highest BCUT2D eigenvalue weighted by Gasteiger charge is 2.12. The first-order chi connectivity index (χ1) is 8.02. The third-order valence-corrected chi connectivity index (χ3v) is 3.35. The van der Waals surface area contributed by atoms with E-state index >= 15 is 0 Å². The molecule has 0 atom stereocenters. The van der Waals surface area contributed by atoms with Gasteiger partial charge >= 0.3 is 5.97 Å². The molecule has 98 valence electrons. The number of hydrogen-bond donors (Lipinski definition) is 0. The molecule has 0 aromatic rings. The van der Waals surface area contributed by atoms with Gasteiger partial charge in [-0.3, -0.25) is 0 Å². The van der Waals surface area contributed by atoms with E-state index in [0.717, 1.165) is 22.9 Å². The van der Waals surface area contributed by atoms with E-state index in [-0.39, 0.29) is 5.97 Å². The van der Waals surface area contributed by atoms with Gasteiger partial charge in [0.1, 0.15) is 0 Å². The van der Waals surface area contributed by atoms with Crippen LogP contribution >= 0.6 is 15.9 Å². The normalized spacial score (nSPS) is 11.8. The number of esters is 1. The molecular weight excluding hydrogens is 280 g/mol. The van der Waals surface area contributed by atoms with Crippen LogP contribution in [0.2, 0.25) is 0 Å². The molecule has 0 aliphatic heterocycles. The monoisotopic (exact) mass is 302 g/mol. The van der Waals surface area contributed by atoms with Crippen molar-refractivity contribution in [3.05, 3.63) is 21.7 Å². The first-order valence-electron chi connectivity index (χ1n) is 6.12. The molecule has 0 aliphatic rings. The van der Waals surface area contributed by atoms with Gasteiger partial charge in [0.05, 0.1) is 12.7 Å². The predicted molar refractivity (Wildman–Crippen MR) is 76.2 cm³/mol. The van der Waals surface area contributed by atoms with Gasteiger partial charge in [0.2, 0.25) is 0 Å². The maximum absolute atomic E-state index is 11.7. The van der Waals surface area contributed by atoms with Crippen LogP contribution in [0.4, 0.5) is 0 Å². The van der Waals surface area contributed by atoms with Gasteiger partial charge in [-0.25, -0.2) is 4.79 Å². The maximum Gasteiger partial charge on any atom is 0.334 e. The summed E-state index contributed by atoms with van der Waals surface area (Å²) >= 11 is 3.52. The lowest BCUT2D eigenvalue weighted by molar-refractivity contribution is -0.136. The van der Waals surface area contributed by atoms with Crippen molar-refractivity contribution in [1.29, 1.82) is 0 Å².